The smallest absolute Gasteiger partial charge is 0.219 e. The summed E-state index contributed by atoms with van der Waals surface area (Å²) in [5.41, 5.74) is 1.80. The second kappa shape index (κ2) is 6.76. The van der Waals surface area contributed by atoms with Crippen LogP contribution in [0, 0.1) is 18.3 Å². The molecule has 3 nitrogen and oxygen atoms in total. The van der Waals surface area contributed by atoms with Crippen LogP contribution in [-0.4, -0.2) is 12.3 Å². The van der Waals surface area contributed by atoms with Crippen molar-refractivity contribution in [1.82, 2.24) is 0 Å². The number of nitrogens with zero attached hydrogens (tertiary/aromatic N) is 2. The van der Waals surface area contributed by atoms with Crippen LogP contribution in [-0.2, 0) is 0 Å². The molecule has 3 heteroatoms. The molecule has 0 aliphatic heterocycles. The van der Waals surface area contributed by atoms with Crippen LogP contribution in [0.25, 0.3) is 10.8 Å². The van der Waals surface area contributed by atoms with Gasteiger partial charge in [0.1, 0.15) is 11.8 Å². The van der Waals surface area contributed by atoms with Gasteiger partial charge in [0.05, 0.1) is 11.9 Å². The molecule has 1 unspecified atom stereocenters. The second-order valence-corrected chi connectivity index (χ2v) is 5.25. The van der Waals surface area contributed by atoms with Crippen LogP contribution in [0.2, 0.25) is 0 Å². The molecule has 0 spiro atoms. The van der Waals surface area contributed by atoms with E-state index in [9.17, 15) is 5.26 Å². The number of fused-ring (bicyclic) bond motifs is 1. The van der Waals surface area contributed by atoms with E-state index in [-0.39, 0.29) is 0 Å². The van der Waals surface area contributed by atoms with Crippen molar-refractivity contribution in [2.45, 2.75) is 13.0 Å². The second-order valence-electron chi connectivity index (χ2n) is 5.25. The van der Waals surface area contributed by atoms with E-state index in [1.165, 1.54) is 6.21 Å². The Kier molecular flexibility index (Phi) is 4.35. The molecule has 3 aromatic rings. The third-order valence-electron chi connectivity index (χ3n) is 3.54. The van der Waals surface area contributed by atoms with Crippen LogP contribution in [0.15, 0.2) is 71.7 Å². The lowest BCUT2D eigenvalue weighted by Gasteiger charge is -2.12. The molecule has 0 bridgehead atoms. The molecule has 0 radical (unpaired) electrons. The lowest BCUT2D eigenvalue weighted by molar-refractivity contribution is 0.321. The van der Waals surface area contributed by atoms with Crippen molar-refractivity contribution in [2.24, 2.45) is 4.99 Å². The summed E-state index contributed by atoms with van der Waals surface area (Å²) < 4.78 is 5.81. The maximum Gasteiger partial charge on any atom is 0.219 e. The van der Waals surface area contributed by atoms with Crippen molar-refractivity contribution in [3.05, 3.63) is 72.3 Å². The molecule has 112 valence electrons. The maximum absolute atomic E-state index is 9.30. The van der Waals surface area contributed by atoms with E-state index in [1.54, 1.807) is 0 Å². The van der Waals surface area contributed by atoms with Crippen molar-refractivity contribution in [3.8, 4) is 11.8 Å². The molecule has 0 fully saturated rings. The van der Waals surface area contributed by atoms with Gasteiger partial charge >= 0.3 is 0 Å². The fourth-order valence-electron chi connectivity index (χ4n) is 2.35. The van der Waals surface area contributed by atoms with Crippen LogP contribution in [0.3, 0.4) is 0 Å². The molecule has 0 saturated carbocycles. The van der Waals surface area contributed by atoms with Gasteiger partial charge in [-0.05, 0) is 47.5 Å². The fourth-order valence-corrected chi connectivity index (χ4v) is 2.35. The number of benzene rings is 3. The predicted octanol–water partition coefficient (Wildman–Crippen LogP) is 4.82. The molecule has 0 heterocycles. The molecular weight excluding hydrogens is 284 g/mol. The quantitative estimate of drug-likeness (QED) is 0.648. The fraction of sp³-hybridized carbons (Fsp3) is 0.100. The number of rotatable bonds is 4. The normalized spacial score (nSPS) is 12.2. The number of aliphatic imine (C=N–C) groups is 1. The Morgan fingerprint density at radius 3 is 2.35 bits per heavy atom. The number of nitriles is 1. The maximum atomic E-state index is 9.30. The zero-order valence-corrected chi connectivity index (χ0v) is 12.8. The van der Waals surface area contributed by atoms with Crippen LogP contribution >= 0.6 is 0 Å². The molecule has 0 N–H and O–H groups in total. The predicted molar refractivity (Wildman–Crippen MR) is 93.3 cm³/mol. The van der Waals surface area contributed by atoms with Crippen molar-refractivity contribution in [1.29, 1.82) is 5.26 Å². The first kappa shape index (κ1) is 14.8. The van der Waals surface area contributed by atoms with Gasteiger partial charge in [0.2, 0.25) is 6.10 Å². The van der Waals surface area contributed by atoms with Crippen LogP contribution in [0.1, 0.15) is 5.56 Å². The van der Waals surface area contributed by atoms with Gasteiger partial charge in [0.15, 0.2) is 0 Å². The third-order valence-corrected chi connectivity index (χ3v) is 3.54. The molecule has 1 atom stereocenters. The Labute approximate surface area is 135 Å². The standard InChI is InChI=1S/C20H16N2O/c1-15-11-16-7-5-6-8-17(16)12-20(15)23-19(13-21)14-22-18-9-3-2-4-10-18/h2-12,14,19H,1H3. The topological polar surface area (TPSA) is 45.4 Å². The Hall–Kier alpha value is -3.12. The molecule has 0 aliphatic carbocycles. The van der Waals surface area contributed by atoms with Gasteiger partial charge in [-0.1, -0.05) is 42.5 Å². The summed E-state index contributed by atoms with van der Waals surface area (Å²) in [5, 5.41) is 11.5. The van der Waals surface area contributed by atoms with Crippen LogP contribution < -0.4 is 4.74 Å². The first-order valence-electron chi connectivity index (χ1n) is 7.41. The molecule has 0 aromatic heterocycles. The number of para-hydroxylation sites is 1. The van der Waals surface area contributed by atoms with Gasteiger partial charge in [-0.15, -0.1) is 0 Å². The van der Waals surface area contributed by atoms with Gasteiger partial charge < -0.3 is 4.74 Å². The van der Waals surface area contributed by atoms with Crippen molar-refractivity contribution >= 4 is 22.7 Å². The van der Waals surface area contributed by atoms with Crippen molar-refractivity contribution in [3.63, 3.8) is 0 Å². The number of hydrogen-bond donors (Lipinski definition) is 0. The van der Waals surface area contributed by atoms with Crippen molar-refractivity contribution in [2.75, 3.05) is 0 Å². The summed E-state index contributed by atoms with van der Waals surface area (Å²) in [6.45, 7) is 1.98. The molecule has 0 aliphatic rings. The summed E-state index contributed by atoms with van der Waals surface area (Å²) in [7, 11) is 0. The molecular formula is C20H16N2O. The molecule has 3 aromatic carbocycles. The lowest BCUT2D eigenvalue weighted by atomic mass is 10.1. The van der Waals surface area contributed by atoms with E-state index in [1.807, 2.05) is 61.5 Å². The van der Waals surface area contributed by atoms with Gasteiger partial charge in [0, 0.05) is 0 Å². The summed E-state index contributed by atoms with van der Waals surface area (Å²) in [5.74, 6) is 0.703. The van der Waals surface area contributed by atoms with E-state index < -0.39 is 6.10 Å². The number of aryl methyl sites for hydroxylation is 1. The van der Waals surface area contributed by atoms with Gasteiger partial charge in [-0.3, -0.25) is 4.99 Å². The Bertz CT molecular complexity index is 879. The molecule has 23 heavy (non-hydrogen) atoms. The Balaban J connectivity index is 1.83. The van der Waals surface area contributed by atoms with Crippen LogP contribution in [0.5, 0.6) is 5.75 Å². The lowest BCUT2D eigenvalue weighted by Crippen LogP contribution is -2.16. The minimum Gasteiger partial charge on any atom is -0.469 e. The van der Waals surface area contributed by atoms with E-state index in [2.05, 4.69) is 23.2 Å². The number of hydrogen-bond acceptors (Lipinski definition) is 3. The van der Waals surface area contributed by atoms with Gasteiger partial charge in [0.25, 0.3) is 0 Å². The highest BCUT2D eigenvalue weighted by molar-refractivity contribution is 5.85. The van der Waals surface area contributed by atoms with Gasteiger partial charge in [-0.2, -0.15) is 5.26 Å². The minimum absolute atomic E-state index is 0.703. The van der Waals surface area contributed by atoms with Crippen LogP contribution in [0.4, 0.5) is 5.69 Å². The average Bonchev–Trinajstić information content (AvgIpc) is 2.59. The summed E-state index contributed by atoms with van der Waals surface area (Å²) in [4.78, 5) is 4.29. The highest BCUT2D eigenvalue weighted by Gasteiger charge is 2.09. The minimum atomic E-state index is -0.727. The van der Waals surface area contributed by atoms with E-state index in [0.717, 1.165) is 22.0 Å². The first-order chi connectivity index (χ1) is 11.3. The molecule has 0 saturated heterocycles. The highest BCUT2D eigenvalue weighted by Crippen LogP contribution is 2.26. The van der Waals surface area contributed by atoms with Crippen molar-refractivity contribution < 1.29 is 4.74 Å². The summed E-state index contributed by atoms with van der Waals surface area (Å²) >= 11 is 0. The summed E-state index contributed by atoms with van der Waals surface area (Å²) in [6, 6.07) is 23.7. The third kappa shape index (κ3) is 3.56. The summed E-state index contributed by atoms with van der Waals surface area (Å²) in [6.07, 6.45) is 0.805. The Morgan fingerprint density at radius 2 is 1.65 bits per heavy atom. The SMILES string of the molecule is Cc1cc2ccccc2cc1OC(C#N)C=Nc1ccccc1. The first-order valence-corrected chi connectivity index (χ1v) is 7.41. The zero-order valence-electron chi connectivity index (χ0n) is 12.8. The average molecular weight is 300 g/mol. The van der Waals surface area contributed by atoms with E-state index >= 15 is 0 Å². The molecule has 0 amide bonds. The highest BCUT2D eigenvalue weighted by atomic mass is 16.5. The largest absolute Gasteiger partial charge is 0.469 e. The van der Waals surface area contributed by atoms with Gasteiger partial charge in [-0.25, -0.2) is 0 Å². The zero-order chi connectivity index (χ0) is 16.1. The molecule has 3 rings (SSSR count). The monoisotopic (exact) mass is 300 g/mol. The van der Waals surface area contributed by atoms with E-state index in [0.29, 0.717) is 5.75 Å². The Morgan fingerprint density at radius 1 is 1.00 bits per heavy atom. The van der Waals surface area contributed by atoms with E-state index in [4.69, 9.17) is 4.74 Å². The number of ether oxygens (including phenoxy) is 1.